The number of ketones is 2. The molecule has 14 heterocycles. The van der Waals surface area contributed by atoms with Crippen molar-refractivity contribution in [2.45, 2.75) is 112 Å². The highest BCUT2D eigenvalue weighted by molar-refractivity contribution is 8.60. The first-order chi connectivity index (χ1) is 41.8. The van der Waals surface area contributed by atoms with Crippen LogP contribution < -0.4 is 22.6 Å². The van der Waals surface area contributed by atoms with Crippen molar-refractivity contribution in [2.24, 2.45) is 9.98 Å². The lowest BCUT2D eigenvalue weighted by Crippen LogP contribution is -2.34. The fourth-order valence-electron chi connectivity index (χ4n) is 10.7. The molecular formula is C42H46F2N16O18P4S6. The molecule has 34 nitrogen and oxygen atoms in total. The van der Waals surface area contributed by atoms with E-state index in [1.54, 1.807) is 4.57 Å². The molecule has 8 aliphatic rings. The van der Waals surface area contributed by atoms with Gasteiger partial charge < -0.3 is 71.9 Å². The van der Waals surface area contributed by atoms with Gasteiger partial charge in [0.15, 0.2) is 87.9 Å². The van der Waals surface area contributed by atoms with Gasteiger partial charge in [0.1, 0.15) is 42.9 Å². The molecule has 6 fully saturated rings. The van der Waals surface area contributed by atoms with Gasteiger partial charge in [-0.2, -0.15) is 9.97 Å². The summed E-state index contributed by atoms with van der Waals surface area (Å²) in [6.45, 7) is -9.54. The quantitative estimate of drug-likeness (QED) is 0.0928. The number of anilines is 2. The summed E-state index contributed by atoms with van der Waals surface area (Å²) in [4.78, 5) is 109. The lowest BCUT2D eigenvalue weighted by atomic mass is 10.1. The summed E-state index contributed by atoms with van der Waals surface area (Å²) in [6, 6.07) is 0. The molecule has 0 radical (unpaired) electrons. The Morgan fingerprint density at radius 1 is 0.557 bits per heavy atom. The number of aliphatic imine (C=N–C) groups is 2. The van der Waals surface area contributed by atoms with Crippen LogP contribution in [0.15, 0.2) is 44.9 Å². The second-order valence-electron chi connectivity index (χ2n) is 20.3. The summed E-state index contributed by atoms with van der Waals surface area (Å²) < 4.78 is 108. The summed E-state index contributed by atoms with van der Waals surface area (Å²) in [5, 5.41) is 0. The van der Waals surface area contributed by atoms with Gasteiger partial charge in [-0.3, -0.25) is 51.9 Å². The standard InChI is InChI=1S/C21H22F2N8O9P2S3.C21H24N8O9P2S3/c22-10-8-3-36-42(44,45)40-14-9(38-19(11(14)23)30-5-26-12-7(32)1-2-25-16(12)30)4-35-41(34,43)39-15(10)20(37-8)31-6-27-13-17(31)28-21(24)29-18(13)33;22-21-26-18-16(19(31)27-21)25-8-29(18)20-12-3-9(35-20)5-33-39(32,41)37-11-4-14(36-13(11)6-34-40(42,43)38-12)28-7-24-15-10(30)1-2-23-17(15)28/h2,5-6,8-11,14-15,19-20H,1,3-4H2,(H,34,43)(H,44,45)(H3,24,28,29,33);2,7-9,11-14,20H,1,3-6H2,(H,32,41)(H,42,43)(H3,22,26,27,31)/t8-,9-,10-,11+,14-,15-,19-,20-,41?;9-,11-,12+,13+,14+,20+,39?/m10/s1. The number of halogens is 2. The van der Waals surface area contributed by atoms with Crippen LogP contribution in [0.2, 0.25) is 0 Å². The summed E-state index contributed by atoms with van der Waals surface area (Å²) in [5.74, 6) is -0.342. The molecule has 6 aromatic heterocycles. The summed E-state index contributed by atoms with van der Waals surface area (Å²) in [6.07, 6.45) is -8.22. The SMILES string of the molecule is Nc1nc2c(ncn2[C@@H]2O[C@@H]3COP(=S)(S)O[C@H]4[C@H](F)[C@H](n5cnc6c5N=CCC6=O)O[C@@H]4COP(O)(=S)O[C@@H]2[C@@H]3F)c(=O)[nH]1.Nc1nc2c(ncn2[C@@H]2O[C@@H]3COP(O)(=S)O[C@H]4C[C@H](n5cnc6c5N=CCC6=O)O[C@@H]4COP(=S)(S)O[C@@H]2C3)c(=O)[nH]1. The molecule has 6 aromatic rings. The van der Waals surface area contributed by atoms with Gasteiger partial charge >= 0.3 is 13.4 Å². The first kappa shape index (κ1) is 62.8. The number of rotatable bonds is 4. The smallest absolute Gasteiger partial charge is 0.325 e. The molecule has 0 spiro atoms. The fourth-order valence-corrected chi connectivity index (χ4v) is 17.6. The predicted molar refractivity (Wildman–Crippen MR) is 321 cm³/mol. The Kier molecular flexibility index (Phi) is 17.2. The van der Waals surface area contributed by atoms with E-state index in [4.69, 9.17) is 114 Å². The number of thiol groups is 2. The maximum Gasteiger partial charge on any atom is 0.325 e. The zero-order chi connectivity index (χ0) is 61.9. The number of nitrogens with one attached hydrogen (secondary N) is 2. The second kappa shape index (κ2) is 24.2. The van der Waals surface area contributed by atoms with Crippen molar-refractivity contribution in [3.05, 3.63) is 57.4 Å². The number of aromatic nitrogens is 12. The van der Waals surface area contributed by atoms with Gasteiger partial charge in [-0.25, -0.2) is 38.7 Å². The van der Waals surface area contributed by atoms with Crippen molar-refractivity contribution in [1.82, 2.24) is 58.1 Å². The number of fused-ring (bicyclic) bond motifs is 10. The molecule has 18 atom stereocenters. The van der Waals surface area contributed by atoms with Gasteiger partial charge in [-0.05, 0) is 47.2 Å². The molecule has 6 saturated heterocycles. The monoisotopic (exact) mass is 1420 g/mol. The maximum absolute atomic E-state index is 16.1. The highest BCUT2D eigenvalue weighted by Gasteiger charge is 2.54. The molecule has 4 unspecified atom stereocenters. The molecular weight excluding hydrogens is 1370 g/mol. The number of nitrogen functional groups attached to an aromatic ring is 2. The van der Waals surface area contributed by atoms with Crippen molar-refractivity contribution in [1.29, 1.82) is 0 Å². The van der Waals surface area contributed by atoms with Gasteiger partial charge in [-0.15, -0.1) is 0 Å². The molecule has 0 aromatic carbocycles. The van der Waals surface area contributed by atoms with E-state index in [0.717, 1.165) is 6.33 Å². The predicted octanol–water partition coefficient (Wildman–Crippen LogP) is 3.20. The minimum atomic E-state index is -4.32. The maximum atomic E-state index is 16.1. The van der Waals surface area contributed by atoms with Crippen LogP contribution in [0.4, 0.5) is 32.3 Å². The average Bonchev–Trinajstić information content (AvgIpc) is 2.16. The van der Waals surface area contributed by atoms with Crippen molar-refractivity contribution in [3.63, 3.8) is 0 Å². The molecule has 8 N–H and O–H groups in total. The minimum absolute atomic E-state index is 0.0457. The molecule has 0 amide bonds. The third kappa shape index (κ3) is 12.4. The van der Waals surface area contributed by atoms with Crippen LogP contribution in [0.3, 0.4) is 0 Å². The summed E-state index contributed by atoms with van der Waals surface area (Å²) in [7, 11) is 0. The van der Waals surface area contributed by atoms with Crippen LogP contribution in [0.5, 0.6) is 0 Å². The molecule has 88 heavy (non-hydrogen) atoms. The number of carbonyl (C=O) groups is 2. The number of hydrogen-bond acceptors (Lipinski definition) is 30. The van der Waals surface area contributed by atoms with Gasteiger partial charge in [0, 0.05) is 38.1 Å². The van der Waals surface area contributed by atoms with E-state index < -0.39 is 135 Å². The normalized spacial score (nSPS) is 37.7. The molecule has 8 aliphatic heterocycles. The number of nitrogens with two attached hydrogens (primary N) is 2. The van der Waals surface area contributed by atoms with Crippen LogP contribution in [0, 0.1) is 0 Å². The number of carbonyl (C=O) groups excluding carboxylic acids is 2. The van der Waals surface area contributed by atoms with Gasteiger partial charge in [0.25, 0.3) is 11.1 Å². The summed E-state index contributed by atoms with van der Waals surface area (Å²) >= 11 is 30.5. The van der Waals surface area contributed by atoms with Crippen molar-refractivity contribution >= 4 is 166 Å². The molecule has 0 aliphatic carbocycles. The second-order valence-corrected chi connectivity index (χ2v) is 36.4. The lowest BCUT2D eigenvalue weighted by molar-refractivity contribution is -0.0571. The first-order valence-electron chi connectivity index (χ1n) is 26.0. The Balaban J connectivity index is 0.000000162. The van der Waals surface area contributed by atoms with E-state index >= 15 is 8.78 Å². The highest BCUT2D eigenvalue weighted by Crippen LogP contribution is 2.61. The number of Topliss-reactive ketones (excluding diaryl/α,β-unsaturated/α-hetero) is 2. The number of hydrogen-bond donors (Lipinski definition) is 8. The van der Waals surface area contributed by atoms with E-state index in [1.165, 1.54) is 45.1 Å². The highest BCUT2D eigenvalue weighted by atomic mass is 32.9. The van der Waals surface area contributed by atoms with Crippen molar-refractivity contribution in [3.8, 4) is 0 Å². The summed E-state index contributed by atoms with van der Waals surface area (Å²) in [5.41, 5.74) is 3.75. The minimum Gasteiger partial charge on any atom is -0.369 e. The Hall–Kier alpha value is -4.00. The zero-order valence-electron chi connectivity index (χ0n) is 44.2. The molecule has 0 saturated carbocycles. The van der Waals surface area contributed by atoms with Gasteiger partial charge in [0.05, 0.1) is 63.9 Å². The van der Waals surface area contributed by atoms with E-state index in [9.17, 15) is 29.0 Å². The van der Waals surface area contributed by atoms with E-state index in [0.29, 0.717) is 5.82 Å². The number of ether oxygens (including phenoxy) is 4. The van der Waals surface area contributed by atoms with Crippen molar-refractivity contribution in [2.75, 3.05) is 37.9 Å². The Morgan fingerprint density at radius 2 is 1.09 bits per heavy atom. The zero-order valence-corrected chi connectivity index (χ0v) is 52.9. The average molecular weight is 1420 g/mol. The Labute approximate surface area is 521 Å². The van der Waals surface area contributed by atoms with Gasteiger partial charge in [-0.1, -0.05) is 24.5 Å². The largest absolute Gasteiger partial charge is 0.369 e. The van der Waals surface area contributed by atoms with Gasteiger partial charge in [0.2, 0.25) is 23.3 Å². The molecule has 14 rings (SSSR count). The third-order valence-electron chi connectivity index (χ3n) is 14.6. The van der Waals surface area contributed by atoms with E-state index in [2.05, 4.69) is 74.4 Å². The molecule has 4 bridgehead atoms. The van der Waals surface area contributed by atoms with Crippen LogP contribution in [-0.4, -0.2) is 180 Å². The van der Waals surface area contributed by atoms with Crippen LogP contribution >= 0.6 is 49.3 Å². The first-order valence-corrected chi connectivity index (χ1v) is 38.8. The fraction of sp³-hybridized carbons (Fsp3) is 0.524. The lowest BCUT2D eigenvalue weighted by Gasteiger charge is -2.28. The van der Waals surface area contributed by atoms with Crippen molar-refractivity contribution < 1.29 is 83.3 Å². The van der Waals surface area contributed by atoms with E-state index in [1.807, 2.05) is 0 Å². The molecule has 472 valence electrons. The van der Waals surface area contributed by atoms with Crippen LogP contribution in [0.25, 0.3) is 22.3 Å². The number of nitrogens with zero attached hydrogens (tertiary/aromatic N) is 12. The van der Waals surface area contributed by atoms with E-state index in [-0.39, 0.29) is 102 Å². The third-order valence-corrected chi connectivity index (χ3v) is 22.2. The number of imidazole rings is 4. The Morgan fingerprint density at radius 3 is 1.74 bits per heavy atom. The molecule has 46 heteroatoms. The Bertz CT molecular complexity index is 4200. The number of H-pyrrole nitrogens is 2. The number of aromatic amines is 2. The number of alkyl halides is 2. The topological polar surface area (TPSA) is 425 Å². The van der Waals surface area contributed by atoms with Crippen LogP contribution in [-0.2, 0) is 102 Å². The van der Waals surface area contributed by atoms with Crippen LogP contribution in [0.1, 0.15) is 71.6 Å².